The number of hydrogen-bond donors (Lipinski definition) is 2. The molecule has 4 heterocycles. The molecule has 0 unspecified atom stereocenters. The third kappa shape index (κ3) is 6.07. The van der Waals surface area contributed by atoms with Crippen LogP contribution in [0, 0.1) is 11.7 Å². The molecule has 5 atom stereocenters. The first-order valence-electron chi connectivity index (χ1n) is 15.1. The van der Waals surface area contributed by atoms with Gasteiger partial charge in [-0.25, -0.2) is 19.2 Å². The lowest BCUT2D eigenvalue weighted by atomic mass is 9.90. The Morgan fingerprint density at radius 2 is 1.86 bits per heavy atom. The molecule has 2 N–H and O–H groups in total. The highest BCUT2D eigenvalue weighted by Crippen LogP contribution is 2.44. The maximum Gasteiger partial charge on any atom is 0.410 e. The number of benzene rings is 1. The Bertz CT molecular complexity index is 1520. The molecule has 2 aliphatic heterocycles. The molecule has 44 heavy (non-hydrogen) atoms. The van der Waals surface area contributed by atoms with E-state index in [1.165, 1.54) is 24.1 Å². The Morgan fingerprint density at radius 3 is 2.52 bits per heavy atom. The van der Waals surface area contributed by atoms with Gasteiger partial charge in [0.2, 0.25) is 17.8 Å². The minimum absolute atomic E-state index is 0.0440. The Kier molecular flexibility index (Phi) is 8.55. The fourth-order valence-electron chi connectivity index (χ4n) is 6.35. The first-order chi connectivity index (χ1) is 20.8. The van der Waals surface area contributed by atoms with Crippen LogP contribution in [0.25, 0.3) is 10.9 Å². The van der Waals surface area contributed by atoms with Gasteiger partial charge in [-0.3, -0.25) is 14.5 Å². The van der Waals surface area contributed by atoms with Crippen LogP contribution in [-0.4, -0.2) is 92.6 Å². The largest absolute Gasteiger partial charge is 0.444 e. The molecule has 0 aliphatic carbocycles. The standard InChI is InChI=1S/C32H42FN7O4/c1-18(2)26(37-28(41)19(3)38(7)31(43)44-32(4,5)6)29(42)39-14-11-25-27(39)23(17-40(25)30-34-12-8-13-35-30)22-16-36-24-15-20(33)9-10-21(22)24/h8-10,12-13,15-16,18-19,23,25-27,36H,11,14,17H2,1-7H3,(H,37,41)/t19-,23+,25+,26-,27+/m0/s1. The van der Waals surface area contributed by atoms with Crippen LogP contribution in [0.3, 0.4) is 0 Å². The second-order valence-corrected chi connectivity index (χ2v) is 13.1. The van der Waals surface area contributed by atoms with Crippen molar-refractivity contribution in [3.8, 4) is 0 Å². The summed E-state index contributed by atoms with van der Waals surface area (Å²) in [6.45, 7) is 11.7. The van der Waals surface area contributed by atoms with Crippen molar-refractivity contribution in [3.05, 3.63) is 54.2 Å². The molecule has 12 heteroatoms. The summed E-state index contributed by atoms with van der Waals surface area (Å²) in [6.07, 6.45) is 5.40. The van der Waals surface area contributed by atoms with Gasteiger partial charge in [-0.15, -0.1) is 0 Å². The van der Waals surface area contributed by atoms with Gasteiger partial charge in [0.15, 0.2) is 0 Å². The summed E-state index contributed by atoms with van der Waals surface area (Å²) in [6, 6.07) is 4.52. The van der Waals surface area contributed by atoms with E-state index in [1.807, 2.05) is 24.9 Å². The number of anilines is 1. The van der Waals surface area contributed by atoms with E-state index >= 15 is 0 Å². The molecule has 2 fully saturated rings. The molecule has 0 spiro atoms. The van der Waals surface area contributed by atoms with Gasteiger partial charge in [-0.05, 0) is 69.9 Å². The third-order valence-corrected chi connectivity index (χ3v) is 8.67. The number of likely N-dealkylation sites (N-methyl/N-ethyl adjacent to an activating group) is 1. The Labute approximate surface area is 257 Å². The number of H-pyrrole nitrogens is 1. The van der Waals surface area contributed by atoms with Gasteiger partial charge >= 0.3 is 6.09 Å². The van der Waals surface area contributed by atoms with Crippen molar-refractivity contribution in [2.75, 3.05) is 25.0 Å². The van der Waals surface area contributed by atoms with Crippen LogP contribution in [0.2, 0.25) is 0 Å². The molecule has 2 aliphatic rings. The van der Waals surface area contributed by atoms with Crippen molar-refractivity contribution in [1.29, 1.82) is 0 Å². The number of aromatic amines is 1. The minimum atomic E-state index is -0.859. The molecule has 5 rings (SSSR count). The van der Waals surface area contributed by atoms with Crippen LogP contribution < -0.4 is 10.2 Å². The molecule has 0 saturated carbocycles. The number of nitrogens with one attached hydrogen (secondary N) is 2. The molecule has 2 saturated heterocycles. The van der Waals surface area contributed by atoms with E-state index in [2.05, 4.69) is 25.2 Å². The highest BCUT2D eigenvalue weighted by molar-refractivity contribution is 5.92. The molecule has 1 aromatic carbocycles. The number of hydrogen-bond acceptors (Lipinski definition) is 7. The first kappa shape index (κ1) is 31.2. The van der Waals surface area contributed by atoms with E-state index in [4.69, 9.17) is 4.74 Å². The van der Waals surface area contributed by atoms with Crippen LogP contribution in [0.4, 0.5) is 15.1 Å². The van der Waals surface area contributed by atoms with Gasteiger partial charge in [0.1, 0.15) is 23.5 Å². The maximum atomic E-state index is 14.3. The summed E-state index contributed by atoms with van der Waals surface area (Å²) in [4.78, 5) is 57.8. The van der Waals surface area contributed by atoms with Crippen molar-refractivity contribution in [2.45, 2.75) is 83.6 Å². The zero-order valence-electron chi connectivity index (χ0n) is 26.4. The number of aromatic nitrogens is 3. The summed E-state index contributed by atoms with van der Waals surface area (Å²) in [7, 11) is 1.51. The monoisotopic (exact) mass is 607 g/mol. The van der Waals surface area contributed by atoms with Crippen LogP contribution in [0.15, 0.2) is 42.9 Å². The molecule has 2 aromatic heterocycles. The fourth-order valence-corrected chi connectivity index (χ4v) is 6.35. The highest BCUT2D eigenvalue weighted by atomic mass is 19.1. The van der Waals surface area contributed by atoms with Crippen LogP contribution >= 0.6 is 0 Å². The maximum absolute atomic E-state index is 14.3. The molecule has 236 valence electrons. The van der Waals surface area contributed by atoms with Crippen molar-refractivity contribution in [3.63, 3.8) is 0 Å². The van der Waals surface area contributed by atoms with Gasteiger partial charge in [-0.1, -0.05) is 13.8 Å². The minimum Gasteiger partial charge on any atom is -0.444 e. The smallest absolute Gasteiger partial charge is 0.410 e. The van der Waals surface area contributed by atoms with Crippen LogP contribution in [-0.2, 0) is 14.3 Å². The average Bonchev–Trinajstić information content (AvgIpc) is 3.68. The average molecular weight is 608 g/mol. The number of halogens is 1. The topological polar surface area (TPSA) is 124 Å². The van der Waals surface area contributed by atoms with Crippen LogP contribution in [0.5, 0.6) is 0 Å². The van der Waals surface area contributed by atoms with E-state index in [1.54, 1.807) is 52.2 Å². The van der Waals surface area contributed by atoms with Crippen molar-refractivity contribution >= 4 is 34.8 Å². The first-order valence-corrected chi connectivity index (χ1v) is 15.1. The Balaban J connectivity index is 1.42. The van der Waals surface area contributed by atoms with Gasteiger partial charge < -0.3 is 24.8 Å². The summed E-state index contributed by atoms with van der Waals surface area (Å²) in [5.41, 5.74) is 0.975. The molecule has 11 nitrogen and oxygen atoms in total. The summed E-state index contributed by atoms with van der Waals surface area (Å²) in [5.74, 6) is -0.682. The summed E-state index contributed by atoms with van der Waals surface area (Å²) in [5, 5.41) is 3.83. The zero-order chi connectivity index (χ0) is 31.9. The number of carbonyl (C=O) groups is 3. The van der Waals surface area contributed by atoms with E-state index in [0.717, 1.165) is 10.9 Å². The lowest BCUT2D eigenvalue weighted by Gasteiger charge is -2.34. The fraction of sp³-hybridized carbons (Fsp3) is 0.531. The SMILES string of the molecule is CC(C)[C@H](NC(=O)[C@H](C)N(C)C(=O)OC(C)(C)C)C(=O)N1CC[C@@H]2[C@H]1[C@@H](c1c[nH]c3cc(F)ccc13)CN2c1ncccn1. The number of amides is 3. The van der Waals surface area contributed by atoms with E-state index in [9.17, 15) is 18.8 Å². The molecular formula is C32H42FN7O4. The number of nitrogens with zero attached hydrogens (tertiary/aromatic N) is 5. The number of ether oxygens (including phenoxy) is 1. The molecule has 3 aromatic rings. The number of carbonyl (C=O) groups excluding carboxylic acids is 3. The number of rotatable bonds is 7. The number of likely N-dealkylation sites (tertiary alicyclic amines) is 1. The van der Waals surface area contributed by atoms with Gasteiger partial charge in [0, 0.05) is 55.5 Å². The number of fused-ring (bicyclic) bond motifs is 2. The Hall–Kier alpha value is -4.22. The van der Waals surface area contributed by atoms with Gasteiger partial charge in [0.25, 0.3) is 0 Å². The predicted molar refractivity (Wildman–Crippen MR) is 165 cm³/mol. The van der Waals surface area contributed by atoms with Crippen molar-refractivity contribution in [2.24, 2.45) is 5.92 Å². The third-order valence-electron chi connectivity index (χ3n) is 8.67. The normalized spacial score (nSPS) is 21.3. The van der Waals surface area contributed by atoms with Crippen LogP contribution in [0.1, 0.15) is 59.4 Å². The quantitative estimate of drug-likeness (QED) is 0.415. The summed E-state index contributed by atoms with van der Waals surface area (Å²) >= 11 is 0. The molecule has 3 amide bonds. The highest BCUT2D eigenvalue weighted by Gasteiger charge is 2.53. The van der Waals surface area contributed by atoms with Gasteiger partial charge in [-0.2, -0.15) is 0 Å². The molecular weight excluding hydrogens is 565 g/mol. The van der Waals surface area contributed by atoms with E-state index in [0.29, 0.717) is 31.0 Å². The lowest BCUT2D eigenvalue weighted by Crippen LogP contribution is -2.57. The summed E-state index contributed by atoms with van der Waals surface area (Å²) < 4.78 is 19.4. The molecule has 0 bridgehead atoms. The van der Waals surface area contributed by atoms with E-state index < -0.39 is 29.7 Å². The van der Waals surface area contributed by atoms with Gasteiger partial charge in [0.05, 0.1) is 12.1 Å². The zero-order valence-corrected chi connectivity index (χ0v) is 26.4. The Morgan fingerprint density at radius 1 is 1.16 bits per heavy atom. The van der Waals surface area contributed by atoms with Crippen molar-refractivity contribution in [1.82, 2.24) is 30.1 Å². The lowest BCUT2D eigenvalue weighted by molar-refractivity contribution is -0.139. The van der Waals surface area contributed by atoms with E-state index in [-0.39, 0.29) is 35.6 Å². The second-order valence-electron chi connectivity index (χ2n) is 13.1. The van der Waals surface area contributed by atoms with Crippen molar-refractivity contribution < 1.29 is 23.5 Å². The molecule has 0 radical (unpaired) electrons. The predicted octanol–water partition coefficient (Wildman–Crippen LogP) is 4.07. The second kappa shape index (κ2) is 12.0.